The number of benzene rings is 2. The van der Waals surface area contributed by atoms with Crippen LogP contribution in [0.3, 0.4) is 0 Å². The van der Waals surface area contributed by atoms with Crippen molar-refractivity contribution in [2.24, 2.45) is 14.1 Å². The monoisotopic (exact) mass is 1140 g/mol. The first kappa shape index (κ1) is 58.1. The van der Waals surface area contributed by atoms with Crippen molar-refractivity contribution in [3.8, 4) is 0 Å². The summed E-state index contributed by atoms with van der Waals surface area (Å²) in [7, 11) is 5.14. The van der Waals surface area contributed by atoms with E-state index in [9.17, 15) is 19.2 Å². The topological polar surface area (TPSA) is 194 Å². The summed E-state index contributed by atoms with van der Waals surface area (Å²) in [5.41, 5.74) is 9.82. The van der Waals surface area contributed by atoms with Crippen molar-refractivity contribution >= 4 is 70.7 Å². The molecule has 2 aromatic carbocycles. The van der Waals surface area contributed by atoms with E-state index >= 15 is 0 Å². The maximum Gasteiger partial charge on any atom is 0.410 e. The summed E-state index contributed by atoms with van der Waals surface area (Å²) in [6.07, 6.45) is 13.5. The molecule has 21 heteroatoms. The number of fused-ring (bicyclic) bond motifs is 4. The number of rotatable bonds is 8. The van der Waals surface area contributed by atoms with E-state index in [-0.39, 0.29) is 30.2 Å². The SMILES string of the molecule is CC(=O)NC(C1=Cc2cccnc2[C@@H](N2CCN(C(=O)OC(C)(C)C)CC2)c2ccc(Cl)cc21)c1cncn1C.COC(=O)NC(C1=Cc2cccnc2[C@@H](N2CCN(C(=O)OC(C)(C)C)CC2)c2ccc(Cl)cc21)c1cncn1C. The van der Waals surface area contributed by atoms with Crippen LogP contribution in [0.15, 0.2) is 98.1 Å². The van der Waals surface area contributed by atoms with Crippen LogP contribution in [0, 0.1) is 0 Å². The first-order valence-corrected chi connectivity index (χ1v) is 27.7. The number of amides is 4. The Kier molecular flexibility index (Phi) is 17.4. The predicted octanol–water partition coefficient (Wildman–Crippen LogP) is 9.90. The number of hydrogen-bond acceptors (Lipinski definition) is 13. The molecule has 6 aromatic rings. The molecule has 81 heavy (non-hydrogen) atoms. The summed E-state index contributed by atoms with van der Waals surface area (Å²) in [5.74, 6) is -0.152. The van der Waals surface area contributed by atoms with E-state index in [4.69, 9.17) is 47.4 Å². The van der Waals surface area contributed by atoms with Gasteiger partial charge in [-0.15, -0.1) is 0 Å². The van der Waals surface area contributed by atoms with Crippen molar-refractivity contribution in [2.45, 2.75) is 83.8 Å². The molecule has 19 nitrogen and oxygen atoms in total. The maximum absolute atomic E-state index is 12.8. The quantitative estimate of drug-likeness (QED) is 0.137. The summed E-state index contributed by atoms with van der Waals surface area (Å²) in [5, 5.41) is 7.32. The highest BCUT2D eigenvalue weighted by Gasteiger charge is 2.39. The van der Waals surface area contributed by atoms with Crippen LogP contribution in [-0.4, -0.2) is 144 Å². The Labute approximate surface area is 482 Å². The molecule has 4 amide bonds. The smallest absolute Gasteiger partial charge is 0.410 e. The summed E-state index contributed by atoms with van der Waals surface area (Å²) in [6.45, 7) is 17.4. The first-order chi connectivity index (χ1) is 38.6. The molecule has 4 atom stereocenters. The fourth-order valence-corrected chi connectivity index (χ4v) is 11.2. The Hall–Kier alpha value is -7.58. The molecule has 0 spiro atoms. The number of carbonyl (C=O) groups is 4. The normalized spacial score (nSPS) is 18.1. The molecule has 0 bridgehead atoms. The third kappa shape index (κ3) is 13.3. The first-order valence-electron chi connectivity index (χ1n) is 27.0. The number of hydrogen-bond donors (Lipinski definition) is 2. The van der Waals surface area contributed by atoms with E-state index in [1.807, 2.05) is 132 Å². The lowest BCUT2D eigenvalue weighted by Crippen LogP contribution is -2.51. The molecule has 2 N–H and O–H groups in total. The minimum Gasteiger partial charge on any atom is -0.453 e. The molecule has 0 radical (unpaired) electrons. The standard InChI is InChI=1S/C30H35ClN6O4.C30H35ClN6O3/c1-30(2,3)41-29(39)37-13-11-36(12-14-37)27-21-9-8-20(31)16-22(21)23(15-19-7-6-10-33-25(19)27)26(34-28(38)40-5)24-17-32-18-35(24)4;1-19(38)34-27(25-17-32-18-35(25)5)24-15-20-7-6-10-33-26(20)28(22-9-8-21(31)16-23(22)24)36-11-13-37(14-12-36)29(39)40-30(2,3)4/h6-10,15-18,26-27H,11-14H2,1-5H3,(H,34,38);6-10,15-18,27-28H,11-14H2,1-5H3,(H,34,38)/t26?,27-;27?,28-/m00/s1. The molecule has 4 aliphatic rings. The van der Waals surface area contributed by atoms with Crippen molar-refractivity contribution in [2.75, 3.05) is 59.5 Å². The molecule has 2 saturated heterocycles. The zero-order chi connectivity index (χ0) is 57.9. The molecule has 426 valence electrons. The number of methoxy groups -OCH3 is 1. The van der Waals surface area contributed by atoms with Crippen LogP contribution in [-0.2, 0) is 33.1 Å². The number of carbonyl (C=O) groups excluding carboxylic acids is 4. The summed E-state index contributed by atoms with van der Waals surface area (Å²) < 4.78 is 20.0. The highest BCUT2D eigenvalue weighted by molar-refractivity contribution is 6.31. The Balaban J connectivity index is 0.000000196. The number of piperazine rings is 2. The second-order valence-corrected chi connectivity index (χ2v) is 23.4. The summed E-state index contributed by atoms with van der Waals surface area (Å²) in [4.78, 5) is 77.1. The van der Waals surface area contributed by atoms with Crippen LogP contribution in [0.1, 0.15) is 129 Å². The van der Waals surface area contributed by atoms with Gasteiger partial charge in [-0.1, -0.05) is 47.5 Å². The largest absolute Gasteiger partial charge is 0.453 e. The maximum atomic E-state index is 12.8. The number of aryl methyl sites for hydroxylation is 2. The van der Waals surface area contributed by atoms with E-state index in [2.05, 4.69) is 42.6 Å². The Bertz CT molecular complexity index is 3360. The fourth-order valence-electron chi connectivity index (χ4n) is 10.9. The molecule has 2 fully saturated rings. The van der Waals surface area contributed by atoms with Crippen molar-refractivity contribution in [1.29, 1.82) is 0 Å². The lowest BCUT2D eigenvalue weighted by molar-refractivity contribution is -0.119. The van der Waals surface area contributed by atoms with Crippen molar-refractivity contribution in [3.05, 3.63) is 164 Å². The van der Waals surface area contributed by atoms with Gasteiger partial charge in [0.2, 0.25) is 5.91 Å². The molecular weight excluding hydrogens is 1070 g/mol. The lowest BCUT2D eigenvalue weighted by Gasteiger charge is -2.40. The van der Waals surface area contributed by atoms with Gasteiger partial charge in [0.25, 0.3) is 0 Å². The molecule has 10 rings (SSSR count). The highest BCUT2D eigenvalue weighted by atomic mass is 35.5. The van der Waals surface area contributed by atoms with Crippen LogP contribution >= 0.6 is 23.2 Å². The van der Waals surface area contributed by atoms with Gasteiger partial charge in [-0.3, -0.25) is 24.6 Å². The van der Waals surface area contributed by atoms with Gasteiger partial charge in [0.05, 0.1) is 79.1 Å². The zero-order valence-electron chi connectivity index (χ0n) is 47.4. The van der Waals surface area contributed by atoms with Crippen molar-refractivity contribution in [1.82, 2.24) is 59.3 Å². The van der Waals surface area contributed by atoms with E-state index in [1.165, 1.54) is 14.0 Å². The van der Waals surface area contributed by atoms with E-state index in [0.29, 0.717) is 62.4 Å². The Morgan fingerprint density at radius 1 is 0.605 bits per heavy atom. The number of nitrogens with zero attached hydrogens (tertiary/aromatic N) is 10. The van der Waals surface area contributed by atoms with E-state index in [1.54, 1.807) is 41.0 Å². The number of pyridine rings is 2. The highest BCUT2D eigenvalue weighted by Crippen LogP contribution is 2.46. The third-order valence-corrected chi connectivity index (χ3v) is 15.0. The fraction of sp³-hybridized carbons (Fsp3) is 0.400. The molecule has 0 saturated carbocycles. The number of aromatic nitrogens is 6. The average Bonchev–Trinajstić information content (AvgIpc) is 4.25. The number of ether oxygens (including phenoxy) is 3. The van der Waals surface area contributed by atoms with Crippen LogP contribution in [0.25, 0.3) is 23.3 Å². The van der Waals surface area contributed by atoms with Crippen LogP contribution in [0.5, 0.6) is 0 Å². The molecule has 6 heterocycles. The second kappa shape index (κ2) is 24.3. The molecule has 2 aliphatic carbocycles. The van der Waals surface area contributed by atoms with Gasteiger partial charge in [-0.05, 0) is 135 Å². The zero-order valence-corrected chi connectivity index (χ0v) is 49.0. The average molecular weight is 1140 g/mol. The van der Waals surface area contributed by atoms with Crippen molar-refractivity contribution in [3.63, 3.8) is 0 Å². The third-order valence-electron chi connectivity index (χ3n) is 14.5. The van der Waals surface area contributed by atoms with Crippen LogP contribution in [0.4, 0.5) is 14.4 Å². The van der Waals surface area contributed by atoms with E-state index < -0.39 is 29.4 Å². The van der Waals surface area contributed by atoms with Gasteiger partial charge in [0.1, 0.15) is 11.2 Å². The Morgan fingerprint density at radius 3 is 1.37 bits per heavy atom. The van der Waals surface area contributed by atoms with E-state index in [0.717, 1.165) is 67.3 Å². The summed E-state index contributed by atoms with van der Waals surface area (Å²) >= 11 is 13.2. The number of alkyl carbamates (subject to hydrolysis) is 1. The number of nitrogens with one attached hydrogen (secondary N) is 2. The van der Waals surface area contributed by atoms with Gasteiger partial charge < -0.3 is 43.8 Å². The molecule has 2 unspecified atom stereocenters. The lowest BCUT2D eigenvalue weighted by atomic mass is 9.89. The summed E-state index contributed by atoms with van der Waals surface area (Å²) in [6, 6.07) is 18.2. The van der Waals surface area contributed by atoms with Crippen LogP contribution < -0.4 is 10.6 Å². The predicted molar refractivity (Wildman–Crippen MR) is 311 cm³/mol. The minimum absolute atomic E-state index is 0.152. The van der Waals surface area contributed by atoms with Crippen LogP contribution in [0.2, 0.25) is 10.0 Å². The van der Waals surface area contributed by atoms with Gasteiger partial charge in [-0.2, -0.15) is 0 Å². The van der Waals surface area contributed by atoms with Crippen molar-refractivity contribution < 1.29 is 33.4 Å². The number of imidazole rings is 2. The molecule has 4 aromatic heterocycles. The number of halogens is 2. The van der Waals surface area contributed by atoms with Gasteiger partial charge >= 0.3 is 18.3 Å². The minimum atomic E-state index is -0.581. The molecular formula is C60H70Cl2N12O7. The van der Waals surface area contributed by atoms with Gasteiger partial charge in [-0.25, -0.2) is 24.4 Å². The van der Waals surface area contributed by atoms with Gasteiger partial charge in [0, 0.05) is 95.8 Å². The Morgan fingerprint density at radius 2 is 1.01 bits per heavy atom. The second-order valence-electron chi connectivity index (χ2n) is 22.5. The molecule has 2 aliphatic heterocycles. The van der Waals surface area contributed by atoms with Gasteiger partial charge in [0.15, 0.2) is 0 Å².